The monoisotopic (exact) mass is 301 g/mol. The molecule has 2 heterocycles. The summed E-state index contributed by atoms with van der Waals surface area (Å²) in [5.41, 5.74) is 6.91. The number of nitrogen functional groups attached to an aromatic ring is 1. The molecular weight excluding hydrogens is 286 g/mol. The van der Waals surface area contributed by atoms with Gasteiger partial charge in [-0.1, -0.05) is 11.3 Å². The molecule has 0 amide bonds. The molecule has 0 unspecified atom stereocenters. The van der Waals surface area contributed by atoms with Gasteiger partial charge in [0.15, 0.2) is 9.34 Å². The van der Waals surface area contributed by atoms with Crippen LogP contribution >= 0.6 is 11.3 Å². The molecule has 9 heteroatoms. The van der Waals surface area contributed by atoms with Crippen molar-refractivity contribution in [3.05, 3.63) is 23.7 Å². The normalized spacial score (nSPS) is 11.9. The molecule has 0 aliphatic rings. The Bertz CT molecular complexity index is 674. The summed E-state index contributed by atoms with van der Waals surface area (Å²) in [7, 11) is -1.72. The van der Waals surface area contributed by atoms with E-state index in [4.69, 9.17) is 5.73 Å². The van der Waals surface area contributed by atoms with Gasteiger partial charge in [-0.2, -0.15) is 5.10 Å². The van der Waals surface area contributed by atoms with E-state index in [0.717, 1.165) is 16.9 Å². The second-order valence-electron chi connectivity index (χ2n) is 4.09. The first kappa shape index (κ1) is 14.0. The van der Waals surface area contributed by atoms with Crippen LogP contribution in [-0.4, -0.2) is 29.7 Å². The molecule has 0 saturated carbocycles. The van der Waals surface area contributed by atoms with Crippen LogP contribution in [0.4, 0.5) is 5.13 Å². The molecule has 2 aromatic rings. The molecule has 0 fully saturated rings. The molecule has 2 aromatic heterocycles. The van der Waals surface area contributed by atoms with E-state index in [-0.39, 0.29) is 9.34 Å². The van der Waals surface area contributed by atoms with E-state index in [1.165, 1.54) is 0 Å². The van der Waals surface area contributed by atoms with Crippen molar-refractivity contribution >= 4 is 26.5 Å². The highest BCUT2D eigenvalue weighted by atomic mass is 32.2. The minimum atomic E-state index is -3.53. The van der Waals surface area contributed by atoms with E-state index in [1.54, 1.807) is 17.8 Å². The Balaban J connectivity index is 2.00. The number of nitrogens with two attached hydrogens (primary N) is 1. The Labute approximate surface area is 115 Å². The van der Waals surface area contributed by atoms with Crippen LogP contribution in [0.15, 0.2) is 16.6 Å². The molecular formula is C10H15N5O2S2. The van der Waals surface area contributed by atoms with E-state index >= 15 is 0 Å². The number of aromatic nitrogens is 3. The van der Waals surface area contributed by atoms with Crippen LogP contribution < -0.4 is 10.5 Å². The van der Waals surface area contributed by atoms with Crippen LogP contribution in [0.3, 0.4) is 0 Å². The van der Waals surface area contributed by atoms with Gasteiger partial charge >= 0.3 is 0 Å². The summed E-state index contributed by atoms with van der Waals surface area (Å²) in [6, 6.07) is 0. The van der Waals surface area contributed by atoms with Gasteiger partial charge in [-0.15, -0.1) is 0 Å². The van der Waals surface area contributed by atoms with Crippen molar-refractivity contribution in [2.75, 3.05) is 12.3 Å². The smallest absolute Gasteiger partial charge is 0.252 e. The highest BCUT2D eigenvalue weighted by molar-refractivity contribution is 7.91. The van der Waals surface area contributed by atoms with Gasteiger partial charge in [0, 0.05) is 19.8 Å². The number of rotatable bonds is 5. The maximum Gasteiger partial charge on any atom is 0.252 e. The number of nitrogens with zero attached hydrogens (tertiary/aromatic N) is 3. The molecule has 0 aliphatic heterocycles. The zero-order valence-electron chi connectivity index (χ0n) is 10.6. The Morgan fingerprint density at radius 1 is 1.53 bits per heavy atom. The lowest BCUT2D eigenvalue weighted by Gasteiger charge is -2.04. The lowest BCUT2D eigenvalue weighted by molar-refractivity contribution is 0.583. The van der Waals surface area contributed by atoms with E-state index in [0.29, 0.717) is 18.7 Å². The van der Waals surface area contributed by atoms with E-state index in [9.17, 15) is 8.42 Å². The molecule has 0 aromatic carbocycles. The van der Waals surface area contributed by atoms with Crippen molar-refractivity contribution in [3.63, 3.8) is 0 Å². The molecule has 0 spiro atoms. The van der Waals surface area contributed by atoms with Gasteiger partial charge in [0.1, 0.15) is 0 Å². The zero-order valence-corrected chi connectivity index (χ0v) is 12.3. The summed E-state index contributed by atoms with van der Waals surface area (Å²) < 4.78 is 28.5. The number of sulfonamides is 1. The second kappa shape index (κ2) is 5.27. The number of aryl methyl sites for hydroxylation is 2. The summed E-state index contributed by atoms with van der Waals surface area (Å²) >= 11 is 0.971. The highest BCUT2D eigenvalue weighted by Gasteiger charge is 2.20. The van der Waals surface area contributed by atoms with Gasteiger partial charge in [0.2, 0.25) is 0 Å². The lowest BCUT2D eigenvalue weighted by atomic mass is 10.3. The first-order chi connectivity index (χ1) is 8.88. The van der Waals surface area contributed by atoms with Crippen LogP contribution in [0.25, 0.3) is 0 Å². The van der Waals surface area contributed by atoms with Gasteiger partial charge in [0.25, 0.3) is 10.0 Å². The van der Waals surface area contributed by atoms with Crippen LogP contribution in [0.2, 0.25) is 0 Å². The van der Waals surface area contributed by atoms with Gasteiger partial charge in [-0.25, -0.2) is 18.1 Å². The van der Waals surface area contributed by atoms with Gasteiger partial charge in [-0.05, 0) is 18.9 Å². The number of hydrogen-bond acceptors (Lipinski definition) is 6. The van der Waals surface area contributed by atoms with E-state index < -0.39 is 10.0 Å². The summed E-state index contributed by atoms with van der Waals surface area (Å²) in [5, 5.41) is 4.28. The van der Waals surface area contributed by atoms with Gasteiger partial charge in [-0.3, -0.25) is 4.68 Å². The fraction of sp³-hybridized carbons (Fsp3) is 0.400. The first-order valence-corrected chi connectivity index (χ1v) is 7.88. The highest BCUT2D eigenvalue weighted by Crippen LogP contribution is 2.24. The summed E-state index contributed by atoms with van der Waals surface area (Å²) in [6.07, 6.45) is 4.15. The van der Waals surface area contributed by atoms with Crippen molar-refractivity contribution in [1.82, 2.24) is 19.5 Å². The van der Waals surface area contributed by atoms with Crippen molar-refractivity contribution in [2.45, 2.75) is 17.6 Å². The van der Waals surface area contributed by atoms with Gasteiger partial charge < -0.3 is 5.73 Å². The molecule has 3 N–H and O–H groups in total. The number of hydrogen-bond donors (Lipinski definition) is 2. The minimum Gasteiger partial charge on any atom is -0.375 e. The van der Waals surface area contributed by atoms with Crippen LogP contribution in [0, 0.1) is 6.92 Å². The third-order valence-electron chi connectivity index (χ3n) is 2.48. The fourth-order valence-corrected chi connectivity index (χ4v) is 4.02. The van der Waals surface area contributed by atoms with Crippen LogP contribution in [-0.2, 0) is 23.5 Å². The van der Waals surface area contributed by atoms with Crippen molar-refractivity contribution in [3.8, 4) is 0 Å². The van der Waals surface area contributed by atoms with Crippen LogP contribution in [0.5, 0.6) is 0 Å². The molecule has 0 aliphatic carbocycles. The average Bonchev–Trinajstić information content (AvgIpc) is 2.85. The third kappa shape index (κ3) is 3.31. The number of thiazole rings is 1. The molecule has 104 valence electrons. The number of nitrogens with one attached hydrogen (secondary N) is 1. The quantitative estimate of drug-likeness (QED) is 0.826. The van der Waals surface area contributed by atoms with Gasteiger partial charge in [0.05, 0.1) is 11.9 Å². The third-order valence-corrected chi connectivity index (χ3v) is 5.54. The number of anilines is 1. The Kier molecular flexibility index (Phi) is 3.88. The standard InChI is InChI=1S/C10H15N5O2S2/c1-7-9(18-10(11)14-7)19(16,17)13-4-3-8-5-12-15(2)6-8/h5-6,13H,3-4H2,1-2H3,(H2,11,14). The summed E-state index contributed by atoms with van der Waals surface area (Å²) in [5.74, 6) is 0. The SMILES string of the molecule is Cc1nc(N)sc1S(=O)(=O)NCCc1cnn(C)c1. The molecule has 7 nitrogen and oxygen atoms in total. The summed E-state index contributed by atoms with van der Waals surface area (Å²) in [4.78, 5) is 3.91. The Morgan fingerprint density at radius 3 is 2.79 bits per heavy atom. The Morgan fingerprint density at radius 2 is 2.26 bits per heavy atom. The maximum absolute atomic E-state index is 12.0. The zero-order chi connectivity index (χ0) is 14.0. The topological polar surface area (TPSA) is 103 Å². The molecule has 19 heavy (non-hydrogen) atoms. The largest absolute Gasteiger partial charge is 0.375 e. The Hall–Kier alpha value is -1.45. The van der Waals surface area contributed by atoms with Crippen LogP contribution in [0.1, 0.15) is 11.3 Å². The average molecular weight is 301 g/mol. The predicted molar refractivity (Wildman–Crippen MR) is 73.4 cm³/mol. The molecule has 0 saturated heterocycles. The van der Waals surface area contributed by atoms with Crippen molar-refractivity contribution < 1.29 is 8.42 Å². The van der Waals surface area contributed by atoms with Crippen molar-refractivity contribution in [2.24, 2.45) is 7.05 Å². The fourth-order valence-electron chi connectivity index (χ4n) is 1.65. The van der Waals surface area contributed by atoms with E-state index in [1.807, 2.05) is 13.2 Å². The molecule has 0 atom stereocenters. The first-order valence-electron chi connectivity index (χ1n) is 5.58. The molecule has 2 rings (SSSR count). The summed E-state index contributed by atoms with van der Waals surface area (Å²) in [6.45, 7) is 1.94. The molecule has 0 radical (unpaired) electrons. The van der Waals surface area contributed by atoms with Crippen molar-refractivity contribution in [1.29, 1.82) is 0 Å². The maximum atomic E-state index is 12.0. The lowest BCUT2D eigenvalue weighted by Crippen LogP contribution is -2.25. The predicted octanol–water partition coefficient (Wildman–Crippen LogP) is 0.288. The minimum absolute atomic E-state index is 0.177. The molecule has 0 bridgehead atoms. The second-order valence-corrected chi connectivity index (χ2v) is 7.09. The van der Waals surface area contributed by atoms with E-state index in [2.05, 4.69) is 14.8 Å².